The molecule has 0 aliphatic heterocycles. The van der Waals surface area contributed by atoms with E-state index in [9.17, 15) is 9.90 Å². The van der Waals surface area contributed by atoms with E-state index < -0.39 is 0 Å². The van der Waals surface area contributed by atoms with E-state index >= 15 is 0 Å². The number of carbonyl (C=O) groups is 1. The minimum Gasteiger partial charge on any atom is -0.507 e. The van der Waals surface area contributed by atoms with E-state index in [1.165, 1.54) is 0 Å². The zero-order valence-corrected chi connectivity index (χ0v) is 18.9. The molecule has 1 aliphatic rings. The number of nitrogens with one attached hydrogen (secondary N) is 1. The van der Waals surface area contributed by atoms with E-state index in [1.807, 2.05) is 43.3 Å². The second kappa shape index (κ2) is 10.9. The number of phenolic OH excluding ortho intramolecular Hbond substituents is 1. The van der Waals surface area contributed by atoms with Crippen LogP contribution < -0.4 is 9.47 Å². The lowest BCUT2D eigenvalue weighted by molar-refractivity contribution is -0.110. The van der Waals surface area contributed by atoms with E-state index in [-0.39, 0.29) is 11.7 Å². The Morgan fingerprint density at radius 3 is 2.48 bits per heavy atom. The lowest BCUT2D eigenvalue weighted by Gasteiger charge is -2.21. The number of phenols is 1. The second-order valence-electron chi connectivity index (χ2n) is 8.50. The molecule has 0 radical (unpaired) electrons. The average Bonchev–Trinajstić information content (AvgIpc) is 3.56. The average molecular weight is 451 g/mol. The summed E-state index contributed by atoms with van der Waals surface area (Å²) in [6.45, 7) is 2.95. The third kappa shape index (κ3) is 5.50. The van der Waals surface area contributed by atoms with E-state index in [4.69, 9.17) is 9.47 Å². The number of carbonyl (C=O) groups excluding carboxylic acids is 1. The monoisotopic (exact) mass is 450 g/mol. The molecule has 174 valence electrons. The van der Waals surface area contributed by atoms with Gasteiger partial charge in [-0.3, -0.25) is 0 Å². The lowest BCUT2D eigenvalue weighted by Crippen LogP contribution is -2.12. The maximum Gasteiger partial charge on any atom is 0.204 e. The molecule has 1 fully saturated rings. The Morgan fingerprint density at radius 2 is 1.82 bits per heavy atom. The fourth-order valence-electron chi connectivity index (χ4n) is 4.44. The normalized spacial score (nSPS) is 14.8. The first kappa shape index (κ1) is 22.8. The van der Waals surface area contributed by atoms with E-state index in [0.29, 0.717) is 36.3 Å². The molecule has 2 aromatic carbocycles. The number of ether oxygens (including phenoxy) is 2. The summed E-state index contributed by atoms with van der Waals surface area (Å²) in [6, 6.07) is 11.3. The number of aromatic nitrogens is 4. The van der Waals surface area contributed by atoms with Crippen LogP contribution in [0.4, 0.5) is 0 Å². The molecular formula is C25H30N4O4. The first-order valence-corrected chi connectivity index (χ1v) is 11.5. The van der Waals surface area contributed by atoms with Crippen LogP contribution in [0.15, 0.2) is 36.4 Å². The summed E-state index contributed by atoms with van der Waals surface area (Å²) in [4.78, 5) is 11.7. The van der Waals surface area contributed by atoms with Crippen LogP contribution in [0.25, 0.3) is 11.4 Å². The summed E-state index contributed by atoms with van der Waals surface area (Å²) in [5.74, 6) is 2.27. The van der Waals surface area contributed by atoms with Gasteiger partial charge in [-0.05, 0) is 74.1 Å². The van der Waals surface area contributed by atoms with Gasteiger partial charge in [-0.1, -0.05) is 18.9 Å². The highest BCUT2D eigenvalue weighted by Gasteiger charge is 2.28. The predicted molar refractivity (Wildman–Crippen MR) is 123 cm³/mol. The third-order valence-corrected chi connectivity index (χ3v) is 6.35. The highest BCUT2D eigenvalue weighted by atomic mass is 16.5. The van der Waals surface area contributed by atoms with Gasteiger partial charge in [0.15, 0.2) is 0 Å². The molecule has 0 spiro atoms. The van der Waals surface area contributed by atoms with Crippen molar-refractivity contribution in [1.29, 1.82) is 0 Å². The Bertz CT molecular complexity index is 1030. The van der Waals surface area contributed by atoms with Gasteiger partial charge in [0.05, 0.1) is 13.2 Å². The van der Waals surface area contributed by atoms with Crippen molar-refractivity contribution in [2.24, 2.45) is 5.92 Å². The van der Waals surface area contributed by atoms with Crippen molar-refractivity contribution in [1.82, 2.24) is 20.6 Å². The van der Waals surface area contributed by atoms with Gasteiger partial charge in [0, 0.05) is 22.6 Å². The molecule has 8 nitrogen and oxygen atoms in total. The quantitative estimate of drug-likeness (QED) is 0.325. The summed E-state index contributed by atoms with van der Waals surface area (Å²) in [5, 5.41) is 24.6. The smallest absolute Gasteiger partial charge is 0.204 e. The van der Waals surface area contributed by atoms with Crippen molar-refractivity contribution in [3.8, 4) is 28.6 Å². The van der Waals surface area contributed by atoms with Crippen LogP contribution in [-0.2, 0) is 4.79 Å². The van der Waals surface area contributed by atoms with Crippen LogP contribution in [0, 0.1) is 12.8 Å². The molecule has 2 N–H and O–H groups in total. The van der Waals surface area contributed by atoms with E-state index in [2.05, 4.69) is 20.6 Å². The third-order valence-electron chi connectivity index (χ3n) is 6.35. The highest BCUT2D eigenvalue weighted by molar-refractivity contribution is 5.67. The molecule has 1 aromatic heterocycles. The number of hydrogen-bond acceptors (Lipinski definition) is 7. The van der Waals surface area contributed by atoms with Crippen molar-refractivity contribution in [3.63, 3.8) is 0 Å². The van der Waals surface area contributed by atoms with Crippen molar-refractivity contribution in [2.75, 3.05) is 13.2 Å². The van der Waals surface area contributed by atoms with Gasteiger partial charge >= 0.3 is 0 Å². The van der Waals surface area contributed by atoms with Gasteiger partial charge in [0.2, 0.25) is 5.82 Å². The number of aldehydes is 1. The van der Waals surface area contributed by atoms with Gasteiger partial charge in [-0.15, -0.1) is 10.2 Å². The maximum atomic E-state index is 11.7. The SMILES string of the molecule is Cc1c(OCCCCOc2ccc(-c3nn[nH]n3)cc2)ccc(C(C=O)C2CCCC2)c1O. The molecule has 1 atom stereocenters. The predicted octanol–water partition coefficient (Wildman–Crippen LogP) is 4.59. The van der Waals surface area contributed by atoms with Crippen molar-refractivity contribution < 1.29 is 19.4 Å². The minimum atomic E-state index is -0.237. The number of nitrogens with zero attached hydrogens (tertiary/aromatic N) is 3. The Morgan fingerprint density at radius 1 is 1.09 bits per heavy atom. The summed E-state index contributed by atoms with van der Waals surface area (Å²) in [6.07, 6.45) is 7.06. The number of benzene rings is 2. The van der Waals surface area contributed by atoms with Gasteiger partial charge < -0.3 is 19.4 Å². The molecule has 1 aliphatic carbocycles. The summed E-state index contributed by atoms with van der Waals surface area (Å²) in [5.41, 5.74) is 2.28. The number of hydrogen-bond donors (Lipinski definition) is 2. The number of H-pyrrole nitrogens is 1. The van der Waals surface area contributed by atoms with Crippen LogP contribution in [0.3, 0.4) is 0 Å². The molecule has 8 heteroatoms. The molecule has 0 saturated heterocycles. The van der Waals surface area contributed by atoms with Crippen molar-refractivity contribution in [3.05, 3.63) is 47.5 Å². The van der Waals surface area contributed by atoms with Crippen LogP contribution in [0.2, 0.25) is 0 Å². The van der Waals surface area contributed by atoms with Crippen LogP contribution in [0.1, 0.15) is 55.6 Å². The largest absolute Gasteiger partial charge is 0.507 e. The van der Waals surface area contributed by atoms with Gasteiger partial charge in [-0.25, -0.2) is 0 Å². The fraction of sp³-hybridized carbons (Fsp3) is 0.440. The van der Waals surface area contributed by atoms with Gasteiger partial charge in [-0.2, -0.15) is 5.21 Å². The summed E-state index contributed by atoms with van der Waals surface area (Å²) < 4.78 is 11.7. The molecule has 1 heterocycles. The Hall–Kier alpha value is -3.42. The molecule has 1 unspecified atom stereocenters. The number of tetrazole rings is 1. The highest BCUT2D eigenvalue weighted by Crippen LogP contribution is 2.42. The summed E-state index contributed by atoms with van der Waals surface area (Å²) >= 11 is 0. The minimum absolute atomic E-state index is 0.184. The number of aromatic hydroxyl groups is 1. The topological polar surface area (TPSA) is 110 Å². The lowest BCUT2D eigenvalue weighted by atomic mass is 9.84. The van der Waals surface area contributed by atoms with E-state index in [0.717, 1.165) is 61.7 Å². The first-order valence-electron chi connectivity index (χ1n) is 11.5. The number of rotatable bonds is 11. The maximum absolute atomic E-state index is 11.7. The summed E-state index contributed by atoms with van der Waals surface area (Å²) in [7, 11) is 0. The molecule has 33 heavy (non-hydrogen) atoms. The van der Waals surface area contributed by atoms with Crippen LogP contribution in [-0.4, -0.2) is 45.2 Å². The van der Waals surface area contributed by atoms with Gasteiger partial charge in [0.25, 0.3) is 0 Å². The zero-order chi connectivity index (χ0) is 23.0. The number of unbranched alkanes of at least 4 members (excludes halogenated alkanes) is 1. The van der Waals surface area contributed by atoms with Crippen molar-refractivity contribution >= 4 is 6.29 Å². The Kier molecular flexibility index (Phi) is 7.55. The first-order chi connectivity index (χ1) is 16.2. The molecule has 0 bridgehead atoms. The zero-order valence-electron chi connectivity index (χ0n) is 18.9. The standard InChI is InChI=1S/C25H30N4O4/c1-17-23(13-12-21(24(17)31)22(16-30)18-6-2-3-7-18)33-15-5-4-14-32-20-10-8-19(9-11-20)25-26-28-29-27-25/h8-13,16,18,22,31H,2-7,14-15H2,1H3,(H,26,27,28,29). The fourth-order valence-corrected chi connectivity index (χ4v) is 4.44. The van der Waals surface area contributed by atoms with Crippen LogP contribution in [0.5, 0.6) is 17.2 Å². The van der Waals surface area contributed by atoms with Gasteiger partial charge in [0.1, 0.15) is 23.5 Å². The van der Waals surface area contributed by atoms with Crippen molar-refractivity contribution in [2.45, 2.75) is 51.4 Å². The molecule has 0 amide bonds. The van der Waals surface area contributed by atoms with E-state index in [1.54, 1.807) is 0 Å². The molecule has 1 saturated carbocycles. The second-order valence-corrected chi connectivity index (χ2v) is 8.50. The molecular weight excluding hydrogens is 420 g/mol. The van der Waals surface area contributed by atoms with Crippen LogP contribution >= 0.6 is 0 Å². The Balaban J connectivity index is 1.22. The Labute approximate surface area is 193 Å². The molecule has 3 aromatic rings. The molecule has 4 rings (SSSR count). The number of aromatic amines is 1.